The quantitative estimate of drug-likeness (QED) is 0.707. The Morgan fingerprint density at radius 1 is 1.00 bits per heavy atom. The van der Waals surface area contributed by atoms with Crippen molar-refractivity contribution in [1.29, 1.82) is 0 Å². The van der Waals surface area contributed by atoms with Crippen LogP contribution in [0.15, 0.2) is 48.5 Å². The number of nitrogens with one attached hydrogen (secondary N) is 2. The summed E-state index contributed by atoms with van der Waals surface area (Å²) in [5.74, 6) is 2.24. The molecule has 30 heavy (non-hydrogen) atoms. The van der Waals surface area contributed by atoms with Crippen molar-refractivity contribution in [3.05, 3.63) is 59.7 Å². The summed E-state index contributed by atoms with van der Waals surface area (Å²) in [6.45, 7) is 1.51. The van der Waals surface area contributed by atoms with E-state index < -0.39 is 0 Å². The molecule has 0 spiro atoms. The van der Waals surface area contributed by atoms with Gasteiger partial charge in [0.1, 0.15) is 5.75 Å². The molecular formula is C25H30N2O3. The van der Waals surface area contributed by atoms with Crippen molar-refractivity contribution in [2.45, 2.75) is 44.9 Å². The van der Waals surface area contributed by atoms with Gasteiger partial charge < -0.3 is 15.4 Å². The van der Waals surface area contributed by atoms with E-state index in [-0.39, 0.29) is 11.8 Å². The highest BCUT2D eigenvalue weighted by Crippen LogP contribution is 2.31. The van der Waals surface area contributed by atoms with Crippen molar-refractivity contribution in [2.24, 2.45) is 11.8 Å². The molecule has 5 heteroatoms. The molecule has 0 atom stereocenters. The molecule has 2 N–H and O–H groups in total. The van der Waals surface area contributed by atoms with Gasteiger partial charge in [0.15, 0.2) is 0 Å². The first-order valence-electron chi connectivity index (χ1n) is 11.1. The van der Waals surface area contributed by atoms with Crippen molar-refractivity contribution >= 4 is 17.5 Å². The molecule has 2 amide bonds. The zero-order valence-electron chi connectivity index (χ0n) is 17.4. The van der Waals surface area contributed by atoms with Crippen LogP contribution in [-0.4, -0.2) is 25.0 Å². The molecule has 4 rings (SSSR count). The summed E-state index contributed by atoms with van der Waals surface area (Å²) in [4.78, 5) is 24.0. The highest BCUT2D eigenvalue weighted by atomic mass is 16.5. The minimum atomic E-state index is -0.0203. The minimum Gasteiger partial charge on any atom is -0.494 e. The maximum Gasteiger partial charge on any atom is 0.251 e. The SMILES string of the molecule is O=C1CCc2cc(C(=O)NCC3CCC(CCOc4ccccc4)CC3)ccc2N1. The predicted octanol–water partition coefficient (Wildman–Crippen LogP) is 4.58. The first-order chi connectivity index (χ1) is 14.7. The van der Waals surface area contributed by atoms with E-state index in [0.717, 1.165) is 55.3 Å². The number of carbonyl (C=O) groups is 2. The zero-order valence-corrected chi connectivity index (χ0v) is 17.4. The first-order valence-corrected chi connectivity index (χ1v) is 11.1. The molecule has 0 saturated heterocycles. The minimum absolute atomic E-state index is 0.0203. The normalized spacial score (nSPS) is 20.7. The Labute approximate surface area is 178 Å². The average Bonchev–Trinajstić information content (AvgIpc) is 2.78. The van der Waals surface area contributed by atoms with E-state index in [1.54, 1.807) is 6.07 Å². The first kappa shape index (κ1) is 20.5. The zero-order chi connectivity index (χ0) is 20.8. The molecular weight excluding hydrogens is 376 g/mol. The predicted molar refractivity (Wildman–Crippen MR) is 118 cm³/mol. The van der Waals surface area contributed by atoms with Crippen LogP contribution in [0.4, 0.5) is 5.69 Å². The Balaban J connectivity index is 1.17. The lowest BCUT2D eigenvalue weighted by molar-refractivity contribution is -0.116. The van der Waals surface area contributed by atoms with Gasteiger partial charge in [-0.2, -0.15) is 0 Å². The van der Waals surface area contributed by atoms with Crippen molar-refractivity contribution in [3.63, 3.8) is 0 Å². The second-order valence-electron chi connectivity index (χ2n) is 8.47. The number of ether oxygens (including phenoxy) is 1. The lowest BCUT2D eigenvalue weighted by Crippen LogP contribution is -2.31. The van der Waals surface area contributed by atoms with E-state index in [0.29, 0.717) is 24.3 Å². The number of benzene rings is 2. The fourth-order valence-corrected chi connectivity index (χ4v) is 4.45. The van der Waals surface area contributed by atoms with Crippen LogP contribution < -0.4 is 15.4 Å². The Kier molecular flexibility index (Phi) is 6.67. The van der Waals surface area contributed by atoms with E-state index in [4.69, 9.17) is 4.74 Å². The maximum atomic E-state index is 12.6. The second-order valence-corrected chi connectivity index (χ2v) is 8.47. The van der Waals surface area contributed by atoms with Gasteiger partial charge in [-0.3, -0.25) is 9.59 Å². The molecule has 0 aromatic heterocycles. The van der Waals surface area contributed by atoms with Gasteiger partial charge in [-0.05, 0) is 86.3 Å². The molecule has 5 nitrogen and oxygen atoms in total. The van der Waals surface area contributed by atoms with Crippen LogP contribution in [0, 0.1) is 11.8 Å². The van der Waals surface area contributed by atoms with Crippen molar-refractivity contribution in [2.75, 3.05) is 18.5 Å². The molecule has 2 aromatic carbocycles. The van der Waals surface area contributed by atoms with Crippen LogP contribution in [0.25, 0.3) is 0 Å². The lowest BCUT2D eigenvalue weighted by atomic mass is 9.80. The molecule has 1 heterocycles. The second kappa shape index (κ2) is 9.79. The van der Waals surface area contributed by atoms with Crippen LogP contribution >= 0.6 is 0 Å². The molecule has 1 fully saturated rings. The smallest absolute Gasteiger partial charge is 0.251 e. The van der Waals surface area contributed by atoms with Gasteiger partial charge in [-0.1, -0.05) is 18.2 Å². The van der Waals surface area contributed by atoms with Gasteiger partial charge in [0.05, 0.1) is 6.61 Å². The molecule has 0 bridgehead atoms. The Morgan fingerprint density at radius 2 is 1.77 bits per heavy atom. The molecule has 1 saturated carbocycles. The molecule has 2 aliphatic rings. The summed E-state index contributed by atoms with van der Waals surface area (Å²) in [5, 5.41) is 5.97. The number of hydrogen-bond acceptors (Lipinski definition) is 3. The summed E-state index contributed by atoms with van der Waals surface area (Å²) in [7, 11) is 0. The highest BCUT2D eigenvalue weighted by Gasteiger charge is 2.22. The van der Waals surface area contributed by atoms with Gasteiger partial charge in [0.2, 0.25) is 5.91 Å². The number of aryl methyl sites for hydroxylation is 1. The van der Waals surface area contributed by atoms with E-state index in [2.05, 4.69) is 10.6 Å². The lowest BCUT2D eigenvalue weighted by Gasteiger charge is -2.28. The molecule has 2 aromatic rings. The monoisotopic (exact) mass is 406 g/mol. The largest absolute Gasteiger partial charge is 0.494 e. The number of amides is 2. The Hall–Kier alpha value is -2.82. The Morgan fingerprint density at radius 3 is 2.57 bits per heavy atom. The Bertz CT molecular complexity index is 873. The third-order valence-electron chi connectivity index (χ3n) is 6.32. The van der Waals surface area contributed by atoms with Gasteiger partial charge in [-0.15, -0.1) is 0 Å². The molecule has 0 radical (unpaired) electrons. The fraction of sp³-hybridized carbons (Fsp3) is 0.440. The van der Waals surface area contributed by atoms with Crippen LogP contribution in [0.5, 0.6) is 5.75 Å². The van der Waals surface area contributed by atoms with Crippen molar-refractivity contribution in [1.82, 2.24) is 5.32 Å². The number of carbonyl (C=O) groups excluding carboxylic acids is 2. The van der Waals surface area contributed by atoms with Crippen molar-refractivity contribution in [3.8, 4) is 5.75 Å². The summed E-state index contributed by atoms with van der Waals surface area (Å²) in [6.07, 6.45) is 7.01. The van der Waals surface area contributed by atoms with Gasteiger partial charge >= 0.3 is 0 Å². The van der Waals surface area contributed by atoms with Crippen LogP contribution in [0.1, 0.15) is 54.4 Å². The number of rotatable bonds is 7. The van der Waals surface area contributed by atoms with E-state index in [1.165, 1.54) is 12.8 Å². The van der Waals surface area contributed by atoms with Gasteiger partial charge in [-0.25, -0.2) is 0 Å². The summed E-state index contributed by atoms with van der Waals surface area (Å²) in [5.41, 5.74) is 2.55. The molecule has 1 aliphatic heterocycles. The van der Waals surface area contributed by atoms with E-state index >= 15 is 0 Å². The standard InChI is InChI=1S/C25H30N2O3/c28-24-13-11-20-16-21(10-12-23(20)27-24)25(29)26-17-19-8-6-18(7-9-19)14-15-30-22-4-2-1-3-5-22/h1-5,10,12,16,18-19H,6-9,11,13-15,17H2,(H,26,29)(H,27,28). The third-order valence-corrected chi connectivity index (χ3v) is 6.32. The maximum absolute atomic E-state index is 12.6. The summed E-state index contributed by atoms with van der Waals surface area (Å²) in [6, 6.07) is 15.5. The molecule has 1 aliphatic carbocycles. The van der Waals surface area contributed by atoms with Crippen LogP contribution in [0.2, 0.25) is 0 Å². The summed E-state index contributed by atoms with van der Waals surface area (Å²) < 4.78 is 5.83. The third kappa shape index (κ3) is 5.41. The van der Waals surface area contributed by atoms with E-state index in [9.17, 15) is 9.59 Å². The summed E-state index contributed by atoms with van der Waals surface area (Å²) >= 11 is 0. The fourth-order valence-electron chi connectivity index (χ4n) is 4.45. The number of anilines is 1. The number of fused-ring (bicyclic) bond motifs is 1. The van der Waals surface area contributed by atoms with Crippen molar-refractivity contribution < 1.29 is 14.3 Å². The van der Waals surface area contributed by atoms with E-state index in [1.807, 2.05) is 42.5 Å². The van der Waals surface area contributed by atoms with Gasteiger partial charge in [0.25, 0.3) is 5.91 Å². The van der Waals surface area contributed by atoms with Crippen LogP contribution in [0.3, 0.4) is 0 Å². The molecule has 0 unspecified atom stereocenters. The van der Waals surface area contributed by atoms with Gasteiger partial charge in [0, 0.05) is 24.2 Å². The number of para-hydroxylation sites is 1. The average molecular weight is 407 g/mol. The number of hydrogen-bond donors (Lipinski definition) is 2. The molecule has 158 valence electrons. The topological polar surface area (TPSA) is 67.4 Å². The van der Waals surface area contributed by atoms with Crippen LogP contribution in [-0.2, 0) is 11.2 Å². The highest BCUT2D eigenvalue weighted by molar-refractivity contribution is 5.97.